The van der Waals surface area contributed by atoms with Gasteiger partial charge in [0.1, 0.15) is 24.3 Å². The molecule has 3 aromatic heterocycles. The van der Waals surface area contributed by atoms with E-state index in [2.05, 4.69) is 49.1 Å². The number of anilines is 4. The van der Waals surface area contributed by atoms with Crippen LogP contribution in [-0.2, 0) is 31.4 Å². The molecular weight excluding hydrogens is 802 g/mol. The first kappa shape index (κ1) is 40.4. The Balaban J connectivity index is 0.000000199. The summed E-state index contributed by atoms with van der Waals surface area (Å²) in [6.45, 7) is 6.95. The zero-order valence-corrected chi connectivity index (χ0v) is 33.7. The van der Waals surface area contributed by atoms with Crippen LogP contribution in [0.2, 0.25) is 5.02 Å². The highest BCUT2D eigenvalue weighted by Gasteiger charge is 2.23. The van der Waals surface area contributed by atoms with E-state index in [-0.39, 0.29) is 27.3 Å². The number of benzene rings is 3. The number of halogens is 1. The standard InChI is InChI=1S/C25H25ClN6O3S.C14H17N5O2S/c26-20-1-6-23-19(17-20)8-11-31(23)12-9-25(33)32-15-13-30(14-16-32)21-2-4-22(5-3-21)36(34,35)29-24-7-10-27-18-28-24;20-22(21,18-14-5-6-16-11-17-14)13-3-1-12(2-4-13)19-9-7-15-8-10-19/h1-8,10-11,17-18H,9,12-16H2,(H,27,28,29);1-6,11,15H,7-10H2,(H,16,17,18). The molecule has 0 aliphatic carbocycles. The molecule has 5 heterocycles. The van der Waals surface area contributed by atoms with Crippen LogP contribution in [0.1, 0.15) is 6.42 Å². The molecule has 2 saturated heterocycles. The molecule has 0 atom stereocenters. The van der Waals surface area contributed by atoms with Gasteiger partial charge >= 0.3 is 0 Å². The Morgan fingerprint density at radius 2 is 1.21 bits per heavy atom. The number of nitrogens with one attached hydrogen (secondary N) is 3. The number of carbonyl (C=O) groups excluding carboxylic acids is 1. The Labute approximate surface area is 342 Å². The van der Waals surface area contributed by atoms with Gasteiger partial charge in [0.25, 0.3) is 20.0 Å². The van der Waals surface area contributed by atoms with Crippen LogP contribution in [-0.4, -0.2) is 105 Å². The smallest absolute Gasteiger partial charge is 0.263 e. The molecule has 8 rings (SSSR count). The first-order valence-electron chi connectivity index (χ1n) is 18.5. The van der Waals surface area contributed by atoms with E-state index >= 15 is 0 Å². The van der Waals surface area contributed by atoms with E-state index in [0.717, 1.165) is 48.5 Å². The zero-order chi connectivity index (χ0) is 40.5. The van der Waals surface area contributed by atoms with E-state index in [1.54, 1.807) is 36.4 Å². The number of piperazine rings is 2. The minimum absolute atomic E-state index is 0.128. The molecule has 16 nitrogen and oxygen atoms in total. The molecule has 3 aromatic carbocycles. The van der Waals surface area contributed by atoms with Crippen molar-refractivity contribution in [2.75, 3.05) is 71.6 Å². The van der Waals surface area contributed by atoms with E-state index in [1.165, 1.54) is 37.2 Å². The van der Waals surface area contributed by atoms with Gasteiger partial charge < -0.3 is 24.6 Å². The molecule has 2 aliphatic rings. The molecule has 0 saturated carbocycles. The second kappa shape index (κ2) is 18.2. The van der Waals surface area contributed by atoms with E-state index in [0.29, 0.717) is 44.2 Å². The molecule has 2 fully saturated rings. The van der Waals surface area contributed by atoms with Crippen LogP contribution in [0.25, 0.3) is 10.9 Å². The molecule has 58 heavy (non-hydrogen) atoms. The van der Waals surface area contributed by atoms with E-state index < -0.39 is 20.0 Å². The predicted molar refractivity (Wildman–Crippen MR) is 224 cm³/mol. The minimum atomic E-state index is -3.74. The van der Waals surface area contributed by atoms with Crippen molar-refractivity contribution in [2.45, 2.75) is 22.8 Å². The summed E-state index contributed by atoms with van der Waals surface area (Å²) in [5, 5.41) is 5.05. The molecule has 0 unspecified atom stereocenters. The van der Waals surface area contributed by atoms with Gasteiger partial charge in [-0.3, -0.25) is 14.2 Å². The number of amides is 1. The van der Waals surface area contributed by atoms with E-state index in [4.69, 9.17) is 11.6 Å². The maximum atomic E-state index is 12.8. The monoisotopic (exact) mass is 843 g/mol. The first-order chi connectivity index (χ1) is 28.0. The van der Waals surface area contributed by atoms with Gasteiger partial charge in [0, 0.05) is 111 Å². The second-order valence-electron chi connectivity index (χ2n) is 13.5. The fourth-order valence-corrected chi connectivity index (χ4v) is 8.84. The number of nitrogens with zero attached hydrogens (tertiary/aromatic N) is 8. The van der Waals surface area contributed by atoms with Crippen LogP contribution in [0.15, 0.2) is 126 Å². The molecule has 0 radical (unpaired) electrons. The van der Waals surface area contributed by atoms with Gasteiger partial charge in [-0.25, -0.2) is 36.8 Å². The summed E-state index contributed by atoms with van der Waals surface area (Å²) >= 11 is 6.06. The fraction of sp³-hybridized carbons (Fsp3) is 0.256. The number of sulfonamides is 2. The third kappa shape index (κ3) is 10.2. The third-order valence-electron chi connectivity index (χ3n) is 9.72. The lowest BCUT2D eigenvalue weighted by molar-refractivity contribution is -0.131. The Kier molecular flexibility index (Phi) is 12.7. The van der Waals surface area contributed by atoms with Crippen LogP contribution >= 0.6 is 11.6 Å². The number of hydrogen-bond acceptors (Lipinski definition) is 12. The fourth-order valence-electron chi connectivity index (χ4n) is 6.64. The summed E-state index contributed by atoms with van der Waals surface area (Å²) in [6.07, 6.45) is 7.95. The minimum Gasteiger partial charge on any atom is -0.369 e. The number of aromatic nitrogens is 5. The number of rotatable bonds is 11. The molecule has 6 aromatic rings. The Bertz CT molecular complexity index is 2520. The second-order valence-corrected chi connectivity index (χ2v) is 17.3. The third-order valence-corrected chi connectivity index (χ3v) is 12.7. The number of fused-ring (bicyclic) bond motifs is 1. The van der Waals surface area contributed by atoms with Crippen LogP contribution in [0.4, 0.5) is 23.0 Å². The van der Waals surface area contributed by atoms with Crippen LogP contribution in [0, 0.1) is 0 Å². The Hall–Kier alpha value is -5.82. The molecule has 1 amide bonds. The van der Waals surface area contributed by atoms with Gasteiger partial charge in [-0.2, -0.15) is 0 Å². The Morgan fingerprint density at radius 3 is 1.72 bits per heavy atom. The van der Waals surface area contributed by atoms with Crippen LogP contribution in [0.3, 0.4) is 0 Å². The summed E-state index contributed by atoms with van der Waals surface area (Å²) < 4.78 is 56.7. The maximum Gasteiger partial charge on any atom is 0.263 e. The molecule has 19 heteroatoms. The SMILES string of the molecule is O=C(CCn1ccc2cc(Cl)ccc21)N1CCN(c2ccc(S(=O)(=O)Nc3ccncn3)cc2)CC1.O=S(=O)(Nc1ccncn1)c1ccc(N2CCNCC2)cc1. The van der Waals surface area contributed by atoms with Crippen molar-refractivity contribution in [1.29, 1.82) is 0 Å². The lowest BCUT2D eigenvalue weighted by Crippen LogP contribution is -2.49. The van der Waals surface area contributed by atoms with Crippen molar-refractivity contribution < 1.29 is 21.6 Å². The lowest BCUT2D eigenvalue weighted by atomic mass is 10.2. The molecule has 0 bridgehead atoms. The Morgan fingerprint density at radius 1 is 0.672 bits per heavy atom. The van der Waals surface area contributed by atoms with Crippen molar-refractivity contribution in [1.82, 2.24) is 34.7 Å². The van der Waals surface area contributed by atoms with Gasteiger partial charge in [0.05, 0.1) is 9.79 Å². The summed E-state index contributed by atoms with van der Waals surface area (Å²) in [7, 11) is -7.37. The average molecular weight is 844 g/mol. The summed E-state index contributed by atoms with van der Waals surface area (Å²) in [5.74, 6) is 0.591. The topological polar surface area (TPSA) is 188 Å². The van der Waals surface area contributed by atoms with Gasteiger partial charge in [-0.05, 0) is 84.9 Å². The highest BCUT2D eigenvalue weighted by Crippen LogP contribution is 2.24. The van der Waals surface area contributed by atoms with Crippen LogP contribution in [0.5, 0.6) is 0 Å². The number of aryl methyl sites for hydroxylation is 1. The molecule has 0 spiro atoms. The average Bonchev–Trinajstić information content (AvgIpc) is 3.65. The molecule has 2 aliphatic heterocycles. The lowest BCUT2D eigenvalue weighted by Gasteiger charge is -2.36. The normalized spacial score (nSPS) is 14.7. The zero-order valence-electron chi connectivity index (χ0n) is 31.4. The van der Waals surface area contributed by atoms with Crippen molar-refractivity contribution in [2.24, 2.45) is 0 Å². The number of hydrogen-bond donors (Lipinski definition) is 3. The number of carbonyl (C=O) groups is 1. The predicted octanol–water partition coefficient (Wildman–Crippen LogP) is 4.31. The van der Waals surface area contributed by atoms with Gasteiger partial charge in [0.2, 0.25) is 5.91 Å². The van der Waals surface area contributed by atoms with E-state index in [9.17, 15) is 21.6 Å². The van der Waals surface area contributed by atoms with Crippen molar-refractivity contribution in [3.63, 3.8) is 0 Å². The summed E-state index contributed by atoms with van der Waals surface area (Å²) in [6, 6.07) is 24.4. The van der Waals surface area contributed by atoms with E-state index in [1.807, 2.05) is 47.5 Å². The van der Waals surface area contributed by atoms with Gasteiger partial charge in [0.15, 0.2) is 0 Å². The maximum absolute atomic E-state index is 12.8. The van der Waals surface area contributed by atoms with Gasteiger partial charge in [-0.1, -0.05) is 11.6 Å². The van der Waals surface area contributed by atoms with Crippen molar-refractivity contribution >= 4 is 71.5 Å². The van der Waals surface area contributed by atoms with Gasteiger partial charge in [-0.15, -0.1) is 0 Å². The highest BCUT2D eigenvalue weighted by molar-refractivity contribution is 7.93. The summed E-state index contributed by atoms with van der Waals surface area (Å²) in [5.41, 5.74) is 3.01. The quantitative estimate of drug-likeness (QED) is 0.168. The van der Waals surface area contributed by atoms with Crippen LogP contribution < -0.4 is 24.6 Å². The first-order valence-corrected chi connectivity index (χ1v) is 21.9. The molecule has 302 valence electrons. The van der Waals surface area contributed by atoms with Crippen molar-refractivity contribution in [3.8, 4) is 0 Å². The largest absolute Gasteiger partial charge is 0.369 e. The highest BCUT2D eigenvalue weighted by atomic mass is 35.5. The summed E-state index contributed by atoms with van der Waals surface area (Å²) in [4.78, 5) is 34.8. The molecule has 3 N–H and O–H groups in total. The molecular formula is C39H42ClN11O5S2. The van der Waals surface area contributed by atoms with Crippen molar-refractivity contribution in [3.05, 3.63) is 121 Å².